The van der Waals surface area contributed by atoms with Crippen molar-refractivity contribution in [2.24, 2.45) is 0 Å². The third-order valence-electron chi connectivity index (χ3n) is 5.13. The van der Waals surface area contributed by atoms with Crippen LogP contribution in [0.5, 0.6) is 0 Å². The van der Waals surface area contributed by atoms with Crippen LogP contribution in [0.2, 0.25) is 5.02 Å². The number of benzene rings is 2. The summed E-state index contributed by atoms with van der Waals surface area (Å²) in [6.45, 7) is 2.93. The molecule has 4 rings (SSSR count). The Labute approximate surface area is 184 Å². The molecule has 156 valence electrons. The first-order chi connectivity index (χ1) is 14.6. The molecule has 0 saturated carbocycles. The van der Waals surface area contributed by atoms with E-state index >= 15 is 0 Å². The molecule has 1 aliphatic heterocycles. The Morgan fingerprint density at radius 2 is 1.77 bits per heavy atom. The first-order valence-corrected chi connectivity index (χ1v) is 11.2. The molecule has 3 aromatic rings. The highest BCUT2D eigenvalue weighted by atomic mass is 35.5. The Morgan fingerprint density at radius 3 is 2.53 bits per heavy atom. The number of nitrogens with zero attached hydrogens (tertiary/aromatic N) is 3. The molecule has 0 bridgehead atoms. The third kappa shape index (κ3) is 5.16. The summed E-state index contributed by atoms with van der Waals surface area (Å²) >= 11 is 7.74. The second kappa shape index (κ2) is 9.55. The van der Waals surface area contributed by atoms with Gasteiger partial charge in [-0.3, -0.25) is 14.5 Å². The number of fused-ring (bicyclic) bond motifs is 1. The van der Waals surface area contributed by atoms with E-state index in [1.165, 1.54) is 0 Å². The molecule has 8 heteroatoms. The van der Waals surface area contributed by atoms with Gasteiger partial charge in [0.15, 0.2) is 0 Å². The van der Waals surface area contributed by atoms with Crippen molar-refractivity contribution >= 4 is 50.7 Å². The minimum atomic E-state index is -0.0984. The summed E-state index contributed by atoms with van der Waals surface area (Å²) in [4.78, 5) is 33.4. The molecule has 0 atom stereocenters. The fourth-order valence-electron chi connectivity index (χ4n) is 3.51. The zero-order valence-electron chi connectivity index (χ0n) is 16.5. The molecule has 1 saturated heterocycles. The summed E-state index contributed by atoms with van der Waals surface area (Å²) in [5.74, 6) is 0.0492. The van der Waals surface area contributed by atoms with Gasteiger partial charge >= 0.3 is 0 Å². The molecule has 1 N–H and O–H groups in total. The highest BCUT2D eigenvalue weighted by Gasteiger charge is 2.22. The number of carbonyl (C=O) groups excluding carboxylic acids is 2. The van der Waals surface area contributed by atoms with Crippen LogP contribution in [-0.4, -0.2) is 59.3 Å². The van der Waals surface area contributed by atoms with Gasteiger partial charge < -0.3 is 10.2 Å². The molecule has 1 aliphatic rings. The second-order valence-corrected chi connectivity index (χ2v) is 8.78. The van der Waals surface area contributed by atoms with Gasteiger partial charge in [0, 0.05) is 39.0 Å². The van der Waals surface area contributed by atoms with Crippen LogP contribution in [0.3, 0.4) is 0 Å². The molecule has 2 heterocycles. The number of amides is 2. The monoisotopic (exact) mass is 442 g/mol. The van der Waals surface area contributed by atoms with E-state index in [0.29, 0.717) is 56.3 Å². The van der Waals surface area contributed by atoms with E-state index in [1.807, 2.05) is 35.2 Å². The van der Waals surface area contributed by atoms with Gasteiger partial charge in [0.1, 0.15) is 0 Å². The van der Waals surface area contributed by atoms with Crippen LogP contribution in [0.4, 0.5) is 5.69 Å². The maximum atomic E-state index is 12.6. The predicted molar refractivity (Wildman–Crippen MR) is 121 cm³/mol. The van der Waals surface area contributed by atoms with Gasteiger partial charge in [-0.2, -0.15) is 0 Å². The van der Waals surface area contributed by atoms with Crippen molar-refractivity contribution in [3.8, 4) is 0 Å². The number of piperazine rings is 1. The van der Waals surface area contributed by atoms with Crippen LogP contribution >= 0.6 is 22.9 Å². The second-order valence-electron chi connectivity index (χ2n) is 7.26. The molecule has 30 heavy (non-hydrogen) atoms. The van der Waals surface area contributed by atoms with Crippen LogP contribution in [-0.2, 0) is 16.0 Å². The zero-order valence-corrected chi connectivity index (χ0v) is 18.1. The Bertz CT molecular complexity index is 1010. The molecule has 6 nitrogen and oxygen atoms in total. The van der Waals surface area contributed by atoms with Gasteiger partial charge in [0.2, 0.25) is 11.8 Å². The quantitative estimate of drug-likeness (QED) is 0.632. The number of rotatable bonds is 6. The molecule has 1 aromatic heterocycles. The predicted octanol–water partition coefficient (Wildman–Crippen LogP) is 3.67. The average Bonchev–Trinajstić information content (AvgIpc) is 3.17. The van der Waals surface area contributed by atoms with Crippen molar-refractivity contribution in [1.29, 1.82) is 0 Å². The number of hydrogen-bond acceptors (Lipinski definition) is 5. The van der Waals surface area contributed by atoms with E-state index < -0.39 is 0 Å². The van der Waals surface area contributed by atoms with Gasteiger partial charge in [0.05, 0.1) is 32.5 Å². The zero-order chi connectivity index (χ0) is 20.9. The number of anilines is 1. The van der Waals surface area contributed by atoms with Crippen molar-refractivity contribution in [3.05, 3.63) is 58.6 Å². The fourth-order valence-corrected chi connectivity index (χ4v) is 4.66. The Morgan fingerprint density at radius 1 is 1.03 bits per heavy atom. The summed E-state index contributed by atoms with van der Waals surface area (Å²) in [7, 11) is 0. The summed E-state index contributed by atoms with van der Waals surface area (Å²) in [6.07, 6.45) is 1.13. The lowest BCUT2D eigenvalue weighted by Gasteiger charge is -2.34. The Hall–Kier alpha value is -2.48. The summed E-state index contributed by atoms with van der Waals surface area (Å²) in [5, 5.41) is 4.36. The normalized spacial score (nSPS) is 14.8. The van der Waals surface area contributed by atoms with Crippen molar-refractivity contribution < 1.29 is 9.59 Å². The standard InChI is InChI=1S/C22H23ClN4O2S/c23-16-5-1-2-6-17(16)24-20(28)15-26-11-13-27(14-12-26)22(29)10-9-21-25-18-7-3-4-8-19(18)30-21/h1-8H,9-15H2,(H,24,28). The van der Waals surface area contributed by atoms with Gasteiger partial charge in [0.25, 0.3) is 0 Å². The summed E-state index contributed by atoms with van der Waals surface area (Å²) in [5.41, 5.74) is 1.61. The van der Waals surface area contributed by atoms with Crippen molar-refractivity contribution in [3.63, 3.8) is 0 Å². The van der Waals surface area contributed by atoms with E-state index in [9.17, 15) is 9.59 Å². The minimum absolute atomic E-state index is 0.0984. The van der Waals surface area contributed by atoms with Gasteiger partial charge in [-0.15, -0.1) is 11.3 Å². The summed E-state index contributed by atoms with van der Waals surface area (Å²) in [6, 6.07) is 15.2. The average molecular weight is 443 g/mol. The molecule has 0 radical (unpaired) electrons. The lowest BCUT2D eigenvalue weighted by Crippen LogP contribution is -2.50. The number of aryl methyl sites for hydroxylation is 1. The molecule has 0 unspecified atom stereocenters. The van der Waals surface area contributed by atoms with Gasteiger partial charge in [-0.1, -0.05) is 35.9 Å². The highest BCUT2D eigenvalue weighted by Crippen LogP contribution is 2.23. The van der Waals surface area contributed by atoms with Gasteiger partial charge in [-0.25, -0.2) is 4.98 Å². The Balaban J connectivity index is 1.21. The third-order valence-corrected chi connectivity index (χ3v) is 6.56. The van der Waals surface area contributed by atoms with Crippen molar-refractivity contribution in [2.75, 3.05) is 38.0 Å². The van der Waals surface area contributed by atoms with E-state index in [2.05, 4.69) is 21.3 Å². The van der Waals surface area contributed by atoms with Crippen molar-refractivity contribution in [1.82, 2.24) is 14.8 Å². The SMILES string of the molecule is O=C(CN1CCN(C(=O)CCc2nc3ccccc3s2)CC1)Nc1ccccc1Cl. The number of nitrogens with one attached hydrogen (secondary N) is 1. The number of halogens is 1. The van der Waals surface area contributed by atoms with E-state index in [-0.39, 0.29) is 11.8 Å². The maximum absolute atomic E-state index is 12.6. The maximum Gasteiger partial charge on any atom is 0.238 e. The molecule has 0 spiro atoms. The first kappa shape index (κ1) is 20.8. The molecule has 1 fully saturated rings. The lowest BCUT2D eigenvalue weighted by molar-refractivity contribution is -0.133. The topological polar surface area (TPSA) is 65.5 Å². The van der Waals surface area contributed by atoms with Crippen LogP contribution in [0.25, 0.3) is 10.2 Å². The van der Waals surface area contributed by atoms with E-state index in [4.69, 9.17) is 11.6 Å². The first-order valence-electron chi connectivity index (χ1n) is 9.97. The largest absolute Gasteiger partial charge is 0.340 e. The number of carbonyl (C=O) groups is 2. The van der Waals surface area contributed by atoms with E-state index in [1.54, 1.807) is 23.5 Å². The molecular weight excluding hydrogens is 420 g/mol. The lowest BCUT2D eigenvalue weighted by atomic mass is 10.2. The fraction of sp³-hybridized carbons (Fsp3) is 0.318. The van der Waals surface area contributed by atoms with Crippen LogP contribution in [0.15, 0.2) is 48.5 Å². The minimum Gasteiger partial charge on any atom is -0.340 e. The number of para-hydroxylation sites is 2. The smallest absolute Gasteiger partial charge is 0.238 e. The van der Waals surface area contributed by atoms with Crippen molar-refractivity contribution in [2.45, 2.75) is 12.8 Å². The highest BCUT2D eigenvalue weighted by molar-refractivity contribution is 7.18. The molecule has 0 aliphatic carbocycles. The number of hydrogen-bond donors (Lipinski definition) is 1. The van der Waals surface area contributed by atoms with Crippen LogP contribution in [0, 0.1) is 0 Å². The van der Waals surface area contributed by atoms with Gasteiger partial charge in [-0.05, 0) is 24.3 Å². The van der Waals surface area contributed by atoms with Crippen LogP contribution in [0.1, 0.15) is 11.4 Å². The number of thiazole rings is 1. The number of aromatic nitrogens is 1. The molecule has 2 aromatic carbocycles. The van der Waals surface area contributed by atoms with Crippen LogP contribution < -0.4 is 5.32 Å². The van der Waals surface area contributed by atoms with E-state index in [0.717, 1.165) is 15.2 Å². The molecular formula is C22H23ClN4O2S. The molecule has 2 amide bonds. The Kier molecular flexibility index (Phi) is 6.62. The summed E-state index contributed by atoms with van der Waals surface area (Å²) < 4.78 is 1.16.